The van der Waals surface area contributed by atoms with E-state index in [1.165, 1.54) is 6.07 Å². The lowest BCUT2D eigenvalue weighted by molar-refractivity contribution is -0.135. The van der Waals surface area contributed by atoms with Gasteiger partial charge in [0.25, 0.3) is 5.78 Å². The average molecular weight is 311 g/mol. The smallest absolute Gasteiger partial charge is 0.379 e. The summed E-state index contributed by atoms with van der Waals surface area (Å²) in [5, 5.41) is 4.05. The molecule has 0 unspecified atom stereocenters. The number of hydrogen-bond donors (Lipinski definition) is 0. The van der Waals surface area contributed by atoms with Crippen LogP contribution in [0, 0.1) is 6.92 Å². The number of methoxy groups -OCH3 is 1. The third-order valence-electron chi connectivity index (χ3n) is 3.22. The number of ketones is 1. The average Bonchev–Trinajstić information content (AvgIpc) is 2.58. The van der Waals surface area contributed by atoms with E-state index in [1.54, 1.807) is 25.1 Å². The summed E-state index contributed by atoms with van der Waals surface area (Å²) in [4.78, 5) is 28.7. The van der Waals surface area contributed by atoms with Crippen LogP contribution in [-0.2, 0) is 9.53 Å². The van der Waals surface area contributed by atoms with Gasteiger partial charge in [0.05, 0.1) is 18.4 Å². The number of Topliss-reactive ketones (excluding diaryl/α,β-unsaturated/α-hetero) is 1. The van der Waals surface area contributed by atoms with Crippen LogP contribution >= 0.6 is 0 Å². The minimum absolute atomic E-state index is 0.111. The van der Waals surface area contributed by atoms with Gasteiger partial charge >= 0.3 is 5.97 Å². The van der Waals surface area contributed by atoms with Gasteiger partial charge in [0.15, 0.2) is 5.75 Å². The molecule has 0 atom stereocenters. The fourth-order valence-electron chi connectivity index (χ4n) is 1.98. The molecule has 0 amide bonds. The third-order valence-corrected chi connectivity index (χ3v) is 3.22. The number of carbonyl (C=O) groups excluding carboxylic acids is 2. The number of para-hydroxylation sites is 1. The summed E-state index contributed by atoms with van der Waals surface area (Å²) in [6, 6.07) is 14.2. The van der Waals surface area contributed by atoms with Gasteiger partial charge in [-0.25, -0.2) is 4.79 Å². The number of nitrogens with zero attached hydrogens (tertiary/aromatic N) is 1. The number of hydrogen-bond acceptors (Lipinski definition) is 5. The minimum Gasteiger partial charge on any atom is -0.463 e. The summed E-state index contributed by atoms with van der Waals surface area (Å²) in [6.07, 6.45) is 0. The number of rotatable bonds is 5. The van der Waals surface area contributed by atoms with Crippen LogP contribution in [0.2, 0.25) is 0 Å². The highest BCUT2D eigenvalue weighted by Gasteiger charge is 2.21. The zero-order valence-corrected chi connectivity index (χ0v) is 13.2. The van der Waals surface area contributed by atoms with Gasteiger partial charge in [-0.2, -0.15) is 0 Å². The second kappa shape index (κ2) is 7.35. The first-order valence-electron chi connectivity index (χ1n) is 7.03. The van der Waals surface area contributed by atoms with Crippen molar-refractivity contribution in [1.29, 1.82) is 0 Å². The van der Waals surface area contributed by atoms with Crippen molar-refractivity contribution in [3.05, 3.63) is 65.2 Å². The van der Waals surface area contributed by atoms with Crippen LogP contribution in [0.15, 0.2) is 53.7 Å². The normalized spacial score (nSPS) is 11.0. The highest BCUT2D eigenvalue weighted by atomic mass is 16.6. The van der Waals surface area contributed by atoms with Crippen LogP contribution in [0.4, 0.5) is 0 Å². The Morgan fingerprint density at radius 1 is 1.04 bits per heavy atom. The molecule has 0 aliphatic rings. The molecule has 0 spiro atoms. The first kappa shape index (κ1) is 16.4. The molecule has 0 aromatic heterocycles. The van der Waals surface area contributed by atoms with Crippen molar-refractivity contribution < 1.29 is 19.2 Å². The van der Waals surface area contributed by atoms with Crippen LogP contribution in [0.5, 0.6) is 5.75 Å². The molecule has 0 bridgehead atoms. The molecule has 2 aromatic carbocycles. The van der Waals surface area contributed by atoms with Gasteiger partial charge in [-0.15, -0.1) is 0 Å². The van der Waals surface area contributed by atoms with E-state index in [0.29, 0.717) is 5.71 Å². The molecule has 0 radical (unpaired) electrons. The zero-order valence-electron chi connectivity index (χ0n) is 13.2. The number of ether oxygens (including phenoxy) is 1. The maximum absolute atomic E-state index is 12.0. The second-order valence-electron chi connectivity index (χ2n) is 4.95. The van der Waals surface area contributed by atoms with Crippen molar-refractivity contribution >= 4 is 17.5 Å². The number of oxime groups is 1. The van der Waals surface area contributed by atoms with Crippen molar-refractivity contribution in [1.82, 2.24) is 0 Å². The SMILES string of the molecule is COC(=O)C(=O)c1ccccc1ON=C(C)c1cccc(C)c1. The van der Waals surface area contributed by atoms with E-state index in [0.717, 1.165) is 18.2 Å². The summed E-state index contributed by atoms with van der Waals surface area (Å²) < 4.78 is 4.45. The summed E-state index contributed by atoms with van der Waals surface area (Å²) in [6.45, 7) is 3.79. The number of carbonyl (C=O) groups is 2. The topological polar surface area (TPSA) is 65.0 Å². The summed E-state index contributed by atoms with van der Waals surface area (Å²) in [5.41, 5.74) is 2.80. The van der Waals surface area contributed by atoms with Gasteiger partial charge in [-0.3, -0.25) is 4.79 Å². The fraction of sp³-hybridized carbons (Fsp3) is 0.167. The van der Waals surface area contributed by atoms with Crippen LogP contribution < -0.4 is 4.84 Å². The minimum atomic E-state index is -0.944. The van der Waals surface area contributed by atoms with E-state index in [4.69, 9.17) is 4.84 Å². The molecular weight excluding hydrogens is 294 g/mol. The monoisotopic (exact) mass is 311 g/mol. The van der Waals surface area contributed by atoms with E-state index in [9.17, 15) is 9.59 Å². The third kappa shape index (κ3) is 4.03. The van der Waals surface area contributed by atoms with E-state index in [-0.39, 0.29) is 11.3 Å². The van der Waals surface area contributed by atoms with Crippen molar-refractivity contribution in [2.45, 2.75) is 13.8 Å². The molecule has 0 fully saturated rings. The lowest BCUT2D eigenvalue weighted by atomic mass is 10.1. The first-order valence-corrected chi connectivity index (χ1v) is 7.03. The van der Waals surface area contributed by atoms with E-state index in [2.05, 4.69) is 9.89 Å². The highest BCUT2D eigenvalue weighted by molar-refractivity contribution is 6.41. The summed E-state index contributed by atoms with van der Waals surface area (Å²) in [5.74, 6) is -1.51. The molecule has 0 saturated carbocycles. The Hall–Kier alpha value is -2.95. The largest absolute Gasteiger partial charge is 0.463 e. The predicted octanol–water partition coefficient (Wildman–Crippen LogP) is 3.15. The number of esters is 1. The van der Waals surface area contributed by atoms with Crippen molar-refractivity contribution in [2.75, 3.05) is 7.11 Å². The second-order valence-corrected chi connectivity index (χ2v) is 4.95. The Morgan fingerprint density at radius 3 is 2.48 bits per heavy atom. The molecule has 0 aliphatic heterocycles. The Labute approximate surface area is 134 Å². The molecule has 0 aliphatic carbocycles. The lowest BCUT2D eigenvalue weighted by Gasteiger charge is -2.06. The zero-order chi connectivity index (χ0) is 16.8. The van der Waals surface area contributed by atoms with Crippen molar-refractivity contribution in [3.63, 3.8) is 0 Å². The quantitative estimate of drug-likeness (QED) is 0.280. The Balaban J connectivity index is 2.25. The summed E-state index contributed by atoms with van der Waals surface area (Å²) in [7, 11) is 1.16. The van der Waals surface area contributed by atoms with Gasteiger partial charge in [-0.05, 0) is 31.5 Å². The van der Waals surface area contributed by atoms with Gasteiger partial charge in [0, 0.05) is 0 Å². The standard InChI is InChI=1S/C18H17NO4/c1-12-7-6-8-14(11-12)13(2)19-23-16-10-5-4-9-15(16)17(20)18(21)22-3/h4-11H,1-3H3. The van der Waals surface area contributed by atoms with E-state index < -0.39 is 11.8 Å². The molecule has 0 saturated heterocycles. The molecule has 0 N–H and O–H groups in total. The molecule has 2 aromatic rings. The van der Waals surface area contributed by atoms with Gasteiger partial charge in [-0.1, -0.05) is 47.1 Å². The predicted molar refractivity (Wildman–Crippen MR) is 86.8 cm³/mol. The van der Waals surface area contributed by atoms with Crippen LogP contribution in [0.3, 0.4) is 0 Å². The van der Waals surface area contributed by atoms with Gasteiger partial charge in [0.2, 0.25) is 0 Å². The Kier molecular flexibility index (Phi) is 5.25. The van der Waals surface area contributed by atoms with E-state index >= 15 is 0 Å². The maximum Gasteiger partial charge on any atom is 0.379 e. The van der Waals surface area contributed by atoms with Crippen LogP contribution in [0.25, 0.3) is 0 Å². The molecular formula is C18H17NO4. The van der Waals surface area contributed by atoms with Crippen molar-refractivity contribution in [2.24, 2.45) is 5.16 Å². The number of aryl methyl sites for hydroxylation is 1. The van der Waals surface area contributed by atoms with E-state index in [1.807, 2.05) is 31.2 Å². The molecule has 2 rings (SSSR count). The maximum atomic E-state index is 12.0. The molecule has 5 heteroatoms. The van der Waals surface area contributed by atoms with Crippen molar-refractivity contribution in [3.8, 4) is 5.75 Å². The molecule has 23 heavy (non-hydrogen) atoms. The van der Waals surface area contributed by atoms with Gasteiger partial charge < -0.3 is 9.57 Å². The first-order chi connectivity index (χ1) is 11.0. The Morgan fingerprint density at radius 2 is 1.78 bits per heavy atom. The molecule has 5 nitrogen and oxygen atoms in total. The Bertz CT molecular complexity index is 765. The van der Waals surface area contributed by atoms with Crippen LogP contribution in [-0.4, -0.2) is 24.6 Å². The number of benzene rings is 2. The molecule has 0 heterocycles. The van der Waals surface area contributed by atoms with Crippen LogP contribution in [0.1, 0.15) is 28.4 Å². The summed E-state index contributed by atoms with van der Waals surface area (Å²) >= 11 is 0. The highest BCUT2D eigenvalue weighted by Crippen LogP contribution is 2.19. The molecule has 118 valence electrons. The fourth-order valence-corrected chi connectivity index (χ4v) is 1.98. The lowest BCUT2D eigenvalue weighted by Crippen LogP contribution is -2.16. The van der Waals surface area contributed by atoms with Gasteiger partial charge in [0.1, 0.15) is 0 Å².